The molecule has 0 saturated carbocycles. The third-order valence-electron chi connectivity index (χ3n) is 6.62. The zero-order chi connectivity index (χ0) is 28.9. The number of rotatable bonds is 6. The van der Waals surface area contributed by atoms with Crippen LogP contribution in [-0.2, 0) is 11.0 Å². The van der Waals surface area contributed by atoms with E-state index in [4.69, 9.17) is 11.6 Å². The van der Waals surface area contributed by atoms with Gasteiger partial charge < -0.3 is 9.80 Å². The third-order valence-corrected chi connectivity index (χ3v) is 6.97. The molecule has 0 radical (unpaired) electrons. The Morgan fingerprint density at radius 3 is 2.51 bits per heavy atom. The van der Waals surface area contributed by atoms with E-state index in [2.05, 4.69) is 4.98 Å². The van der Waals surface area contributed by atoms with Crippen LogP contribution >= 0.6 is 11.6 Å². The number of hydrogen-bond acceptors (Lipinski definition) is 4. The molecule has 1 aromatic carbocycles. The van der Waals surface area contributed by atoms with Gasteiger partial charge >= 0.3 is 12.2 Å². The first-order chi connectivity index (χ1) is 18.1. The fraction of sp³-hybridized carbons (Fsp3) is 0.458. The Balaban J connectivity index is 1.67. The molecule has 39 heavy (non-hydrogen) atoms. The fourth-order valence-electron chi connectivity index (χ4n) is 4.60. The Hall–Kier alpha value is -3.13. The van der Waals surface area contributed by atoms with Crippen LogP contribution in [0.25, 0.3) is 0 Å². The Morgan fingerprint density at radius 2 is 1.90 bits per heavy atom. The number of urea groups is 1. The highest BCUT2D eigenvalue weighted by Gasteiger charge is 2.46. The predicted octanol–water partition coefficient (Wildman–Crippen LogP) is 4.96. The maximum Gasteiger partial charge on any atom is 0.416 e. The van der Waals surface area contributed by atoms with Gasteiger partial charge in [-0.2, -0.15) is 13.2 Å². The maximum atomic E-state index is 14.7. The fourth-order valence-corrected chi connectivity index (χ4v) is 4.76. The van der Waals surface area contributed by atoms with Crippen molar-refractivity contribution in [1.29, 1.82) is 0 Å². The number of anilines is 2. The van der Waals surface area contributed by atoms with Crippen LogP contribution in [0.2, 0.25) is 5.02 Å². The minimum absolute atomic E-state index is 0.0309. The number of carbonyl (C=O) groups excluding carboxylic acids is 2. The number of halogens is 8. The smallest absolute Gasteiger partial charge is 0.320 e. The second-order valence-electron chi connectivity index (χ2n) is 9.44. The number of aromatic nitrogens is 1. The van der Waals surface area contributed by atoms with Gasteiger partial charge in [0.15, 0.2) is 5.82 Å². The number of hydrogen-bond donors (Lipinski definition) is 0. The van der Waals surface area contributed by atoms with Crippen molar-refractivity contribution in [1.82, 2.24) is 14.8 Å². The molecule has 4 rings (SSSR count). The molecule has 2 aliphatic heterocycles. The number of aryl methyl sites for hydroxylation is 1. The molecule has 2 fully saturated rings. The highest BCUT2D eigenvalue weighted by Crippen LogP contribution is 2.35. The minimum Gasteiger partial charge on any atom is -0.320 e. The van der Waals surface area contributed by atoms with Crippen LogP contribution in [-0.4, -0.2) is 78.5 Å². The molecule has 7 nitrogen and oxygen atoms in total. The van der Waals surface area contributed by atoms with Crippen molar-refractivity contribution in [2.24, 2.45) is 0 Å². The first kappa shape index (κ1) is 28.9. The van der Waals surface area contributed by atoms with E-state index in [-0.39, 0.29) is 38.3 Å². The van der Waals surface area contributed by atoms with E-state index in [0.29, 0.717) is 6.07 Å². The molecule has 2 saturated heterocycles. The SMILES string of the molecule is Cc1cc(C(F)(F)F)cc(N2C(=O)N(CCN3CCC(F)(F)C3)CC2C(=O)N(C)c2ccc(F)c(Cl)c2F)n1. The highest BCUT2D eigenvalue weighted by molar-refractivity contribution is 6.31. The highest BCUT2D eigenvalue weighted by atomic mass is 35.5. The molecular formula is C24H23ClF7N5O2. The average Bonchev–Trinajstić information content (AvgIpc) is 3.37. The van der Waals surface area contributed by atoms with E-state index in [1.54, 1.807) is 0 Å². The van der Waals surface area contributed by atoms with Crippen LogP contribution in [0.4, 0.5) is 47.0 Å². The number of likely N-dealkylation sites (N-methyl/N-ethyl adjacent to an activating group) is 1. The first-order valence-corrected chi connectivity index (χ1v) is 12.1. The van der Waals surface area contributed by atoms with Crippen molar-refractivity contribution in [2.45, 2.75) is 31.5 Å². The first-order valence-electron chi connectivity index (χ1n) is 11.7. The summed E-state index contributed by atoms with van der Waals surface area (Å²) in [5, 5.41) is -0.870. The lowest BCUT2D eigenvalue weighted by Crippen LogP contribution is -2.47. The Morgan fingerprint density at radius 1 is 1.21 bits per heavy atom. The molecule has 3 heterocycles. The second kappa shape index (κ2) is 10.5. The van der Waals surface area contributed by atoms with Crippen molar-refractivity contribution in [3.63, 3.8) is 0 Å². The van der Waals surface area contributed by atoms with Crippen molar-refractivity contribution in [2.75, 3.05) is 49.6 Å². The van der Waals surface area contributed by atoms with E-state index in [1.807, 2.05) is 0 Å². The number of likely N-dealkylation sites (tertiary alicyclic amines) is 1. The number of amides is 3. The summed E-state index contributed by atoms with van der Waals surface area (Å²) in [6.07, 6.45) is -5.13. The summed E-state index contributed by atoms with van der Waals surface area (Å²) >= 11 is 5.63. The van der Waals surface area contributed by atoms with Gasteiger partial charge in [-0.3, -0.25) is 14.6 Å². The van der Waals surface area contributed by atoms with Crippen molar-refractivity contribution < 1.29 is 40.3 Å². The minimum atomic E-state index is -4.78. The van der Waals surface area contributed by atoms with Gasteiger partial charge in [0.25, 0.3) is 11.8 Å². The van der Waals surface area contributed by atoms with Crippen LogP contribution in [0.15, 0.2) is 24.3 Å². The van der Waals surface area contributed by atoms with Gasteiger partial charge in [0.2, 0.25) is 0 Å². The molecule has 15 heteroatoms. The van der Waals surface area contributed by atoms with Crippen molar-refractivity contribution in [3.8, 4) is 0 Å². The zero-order valence-electron chi connectivity index (χ0n) is 20.7. The van der Waals surface area contributed by atoms with Crippen molar-refractivity contribution >= 4 is 35.0 Å². The number of nitrogens with zero attached hydrogens (tertiary/aromatic N) is 5. The number of pyridine rings is 1. The second-order valence-corrected chi connectivity index (χ2v) is 9.82. The summed E-state index contributed by atoms with van der Waals surface area (Å²) in [6, 6.07) is 0.822. The number of carbonyl (C=O) groups is 2. The van der Waals surface area contributed by atoms with Gasteiger partial charge in [0.05, 0.1) is 24.3 Å². The summed E-state index contributed by atoms with van der Waals surface area (Å²) in [7, 11) is 1.14. The number of benzene rings is 1. The van der Waals surface area contributed by atoms with Crippen LogP contribution in [0.3, 0.4) is 0 Å². The van der Waals surface area contributed by atoms with E-state index < -0.39 is 70.3 Å². The molecule has 1 atom stereocenters. The molecule has 0 N–H and O–H groups in total. The normalized spacial score (nSPS) is 19.7. The summed E-state index contributed by atoms with van der Waals surface area (Å²) in [6.45, 7) is 0.436. The largest absolute Gasteiger partial charge is 0.416 e. The Kier molecular flexibility index (Phi) is 7.74. The molecule has 1 aromatic heterocycles. The molecule has 2 aromatic rings. The molecule has 0 aliphatic carbocycles. The van der Waals surface area contributed by atoms with E-state index in [9.17, 15) is 40.3 Å². The van der Waals surface area contributed by atoms with Crippen LogP contribution in [0.1, 0.15) is 17.7 Å². The monoisotopic (exact) mass is 581 g/mol. The van der Waals surface area contributed by atoms with Gasteiger partial charge in [-0.1, -0.05) is 11.6 Å². The van der Waals surface area contributed by atoms with E-state index in [0.717, 1.165) is 39.9 Å². The predicted molar refractivity (Wildman–Crippen MR) is 128 cm³/mol. The van der Waals surface area contributed by atoms with Crippen molar-refractivity contribution in [3.05, 3.63) is 52.2 Å². The maximum absolute atomic E-state index is 14.7. The summed E-state index contributed by atoms with van der Waals surface area (Å²) in [4.78, 5) is 35.1. The average molecular weight is 582 g/mol. The Labute approximate surface area is 223 Å². The standard InChI is InChI=1S/C24H23ClF7N5O2/c1-13-9-14(24(30,31)32)10-18(33-13)37-17(21(38)34(2)16-4-3-15(26)19(25)20(16)27)11-36(22(37)39)8-7-35-6-5-23(28,29)12-35/h3-4,9-10,17H,5-8,11-12H2,1-2H3. The third kappa shape index (κ3) is 5.91. The van der Waals surface area contributed by atoms with Crippen LogP contribution < -0.4 is 9.80 Å². The van der Waals surface area contributed by atoms with Crippen LogP contribution in [0, 0.1) is 18.6 Å². The lowest BCUT2D eigenvalue weighted by atomic mass is 10.1. The topological polar surface area (TPSA) is 60.0 Å². The van der Waals surface area contributed by atoms with Gasteiger partial charge in [-0.05, 0) is 31.2 Å². The molecule has 2 aliphatic rings. The molecule has 212 valence electrons. The number of alkyl halides is 5. The van der Waals surface area contributed by atoms with Gasteiger partial charge in [0, 0.05) is 38.8 Å². The van der Waals surface area contributed by atoms with Gasteiger partial charge in [-0.15, -0.1) is 0 Å². The van der Waals surface area contributed by atoms with E-state index in [1.165, 1.54) is 11.8 Å². The molecule has 3 amide bonds. The van der Waals surface area contributed by atoms with Gasteiger partial charge in [-0.25, -0.2) is 27.3 Å². The molecule has 1 unspecified atom stereocenters. The summed E-state index contributed by atoms with van der Waals surface area (Å²) < 4.78 is 96.0. The summed E-state index contributed by atoms with van der Waals surface area (Å²) in [5.41, 5.74) is -1.61. The lowest BCUT2D eigenvalue weighted by molar-refractivity contribution is -0.137. The van der Waals surface area contributed by atoms with Gasteiger partial charge in [0.1, 0.15) is 22.7 Å². The van der Waals surface area contributed by atoms with Crippen LogP contribution in [0.5, 0.6) is 0 Å². The Bertz CT molecular complexity index is 1290. The molecular weight excluding hydrogens is 559 g/mol. The molecule has 0 bridgehead atoms. The quantitative estimate of drug-likeness (QED) is 0.358. The lowest BCUT2D eigenvalue weighted by Gasteiger charge is -2.27. The molecule has 0 spiro atoms. The zero-order valence-corrected chi connectivity index (χ0v) is 21.5. The van der Waals surface area contributed by atoms with E-state index >= 15 is 0 Å². The summed E-state index contributed by atoms with van der Waals surface area (Å²) in [5.74, 6) is -6.58.